The average molecular weight is 306 g/mol. The molecule has 0 bridgehead atoms. The molecule has 2 atom stereocenters. The van der Waals surface area contributed by atoms with Gasteiger partial charge in [0, 0.05) is 27.3 Å². The molecule has 0 spiro atoms. The highest BCUT2D eigenvalue weighted by Gasteiger charge is 2.39. The van der Waals surface area contributed by atoms with Crippen LogP contribution in [0.4, 0.5) is 0 Å². The lowest BCUT2D eigenvalue weighted by Crippen LogP contribution is -2.53. The van der Waals surface area contributed by atoms with Gasteiger partial charge in [-0.15, -0.1) is 0 Å². The Hall–Kier alpha value is -1.92. The van der Waals surface area contributed by atoms with E-state index in [0.29, 0.717) is 13.2 Å². The summed E-state index contributed by atoms with van der Waals surface area (Å²) in [5, 5.41) is 2.84. The number of carbonyl (C=O) groups excluding carboxylic acids is 2. The van der Waals surface area contributed by atoms with E-state index >= 15 is 0 Å². The molecule has 0 aromatic heterocycles. The molecule has 2 rings (SSSR count). The molecule has 6 nitrogen and oxygen atoms in total. The van der Waals surface area contributed by atoms with Crippen molar-refractivity contribution < 1.29 is 19.1 Å². The zero-order chi connectivity index (χ0) is 15.9. The molecule has 0 radical (unpaired) electrons. The third-order valence-electron chi connectivity index (χ3n) is 3.71. The fourth-order valence-corrected chi connectivity index (χ4v) is 2.51. The van der Waals surface area contributed by atoms with E-state index in [1.54, 1.807) is 19.1 Å². The van der Waals surface area contributed by atoms with Crippen LogP contribution < -0.4 is 5.32 Å². The van der Waals surface area contributed by atoms with Crippen molar-refractivity contribution in [1.82, 2.24) is 10.2 Å². The summed E-state index contributed by atoms with van der Waals surface area (Å²) in [5.74, 6) is -0.332. The van der Waals surface area contributed by atoms with Gasteiger partial charge in [-0.2, -0.15) is 0 Å². The molecule has 2 amide bonds. The molecule has 1 heterocycles. The lowest BCUT2D eigenvalue weighted by atomic mass is 9.97. The number of morpholine rings is 1. The Morgan fingerprint density at radius 2 is 2.14 bits per heavy atom. The van der Waals surface area contributed by atoms with Gasteiger partial charge in [0.2, 0.25) is 5.91 Å². The summed E-state index contributed by atoms with van der Waals surface area (Å²) in [7, 11) is 3.33. The summed E-state index contributed by atoms with van der Waals surface area (Å²) in [6, 6.07) is 9.05. The van der Waals surface area contributed by atoms with Gasteiger partial charge in [-0.05, 0) is 12.0 Å². The Morgan fingerprint density at radius 3 is 2.82 bits per heavy atom. The van der Waals surface area contributed by atoms with Crippen LogP contribution >= 0.6 is 0 Å². The number of benzene rings is 1. The number of methoxy groups -OCH3 is 1. The normalized spacial score (nSPS) is 21.7. The lowest BCUT2D eigenvalue weighted by molar-refractivity contribution is -0.162. The molecule has 1 fully saturated rings. The van der Waals surface area contributed by atoms with Crippen LogP contribution in [0.25, 0.3) is 0 Å². The second kappa shape index (κ2) is 7.91. The monoisotopic (exact) mass is 306 g/mol. The second-order valence-corrected chi connectivity index (χ2v) is 5.23. The lowest BCUT2D eigenvalue weighted by Gasteiger charge is -2.38. The molecule has 0 aliphatic carbocycles. The number of amides is 2. The van der Waals surface area contributed by atoms with Crippen LogP contribution in [0.1, 0.15) is 18.0 Å². The van der Waals surface area contributed by atoms with Crippen molar-refractivity contribution in [1.29, 1.82) is 0 Å². The summed E-state index contributed by atoms with van der Waals surface area (Å²) in [6.07, 6.45) is 0.0346. The Morgan fingerprint density at radius 1 is 1.41 bits per heavy atom. The minimum Gasteiger partial charge on any atom is -0.385 e. The van der Waals surface area contributed by atoms with E-state index in [1.807, 2.05) is 30.3 Å². The molecule has 22 heavy (non-hydrogen) atoms. The summed E-state index contributed by atoms with van der Waals surface area (Å²) >= 11 is 0. The van der Waals surface area contributed by atoms with Crippen molar-refractivity contribution in [3.63, 3.8) is 0 Å². The van der Waals surface area contributed by atoms with Gasteiger partial charge in [0.15, 0.2) is 6.10 Å². The molecule has 1 aliphatic heterocycles. The van der Waals surface area contributed by atoms with Crippen molar-refractivity contribution in [2.24, 2.45) is 0 Å². The van der Waals surface area contributed by atoms with Gasteiger partial charge < -0.3 is 19.7 Å². The number of nitrogens with zero attached hydrogens (tertiary/aromatic N) is 1. The molecule has 0 unspecified atom stereocenters. The van der Waals surface area contributed by atoms with Crippen molar-refractivity contribution in [2.45, 2.75) is 18.6 Å². The van der Waals surface area contributed by atoms with Crippen molar-refractivity contribution in [3.05, 3.63) is 35.9 Å². The molecular formula is C16H22N2O4. The zero-order valence-electron chi connectivity index (χ0n) is 13.0. The minimum atomic E-state index is -0.701. The summed E-state index contributed by atoms with van der Waals surface area (Å²) < 4.78 is 10.5. The third kappa shape index (κ3) is 3.84. The molecular weight excluding hydrogens is 284 g/mol. The first-order chi connectivity index (χ1) is 10.6. The van der Waals surface area contributed by atoms with Gasteiger partial charge in [0.25, 0.3) is 5.91 Å². The van der Waals surface area contributed by atoms with Gasteiger partial charge in [0.05, 0.1) is 6.04 Å². The number of likely N-dealkylation sites (N-methyl/N-ethyl adjacent to an activating group) is 1. The smallest absolute Gasteiger partial charge is 0.251 e. The van der Waals surface area contributed by atoms with Gasteiger partial charge in [-0.1, -0.05) is 30.3 Å². The Labute approximate surface area is 130 Å². The number of nitrogens with one attached hydrogen (secondary N) is 1. The quantitative estimate of drug-likeness (QED) is 0.787. The van der Waals surface area contributed by atoms with Crippen LogP contribution in [0, 0.1) is 0 Å². The van der Waals surface area contributed by atoms with E-state index < -0.39 is 12.1 Å². The van der Waals surface area contributed by atoms with Crippen molar-refractivity contribution in [2.75, 3.05) is 33.9 Å². The van der Waals surface area contributed by atoms with Gasteiger partial charge in [0.1, 0.15) is 6.61 Å². The summed E-state index contributed by atoms with van der Waals surface area (Å²) in [5.41, 5.74) is 0.884. The van der Waals surface area contributed by atoms with Crippen LogP contribution in [-0.4, -0.2) is 56.7 Å². The number of carbonyl (C=O) groups is 2. The highest BCUT2D eigenvalue weighted by atomic mass is 16.5. The topological polar surface area (TPSA) is 67.9 Å². The highest BCUT2D eigenvalue weighted by molar-refractivity contribution is 5.86. The molecule has 1 saturated heterocycles. The first kappa shape index (κ1) is 16.5. The molecule has 6 heteroatoms. The van der Waals surface area contributed by atoms with Crippen LogP contribution in [0.2, 0.25) is 0 Å². The molecule has 1 aromatic rings. The van der Waals surface area contributed by atoms with Gasteiger partial charge in [-0.3, -0.25) is 9.59 Å². The Kier molecular flexibility index (Phi) is 5.91. The van der Waals surface area contributed by atoms with Crippen LogP contribution in [0.15, 0.2) is 30.3 Å². The minimum absolute atomic E-state index is 0.0734. The van der Waals surface area contributed by atoms with Crippen LogP contribution in [0.3, 0.4) is 0 Å². The molecule has 120 valence electrons. The fraction of sp³-hybridized carbons (Fsp3) is 0.500. The zero-order valence-corrected chi connectivity index (χ0v) is 13.0. The maximum absolute atomic E-state index is 12.4. The van der Waals surface area contributed by atoms with Gasteiger partial charge in [-0.25, -0.2) is 0 Å². The Bertz CT molecular complexity index is 506. The van der Waals surface area contributed by atoms with Crippen LogP contribution in [-0.2, 0) is 19.1 Å². The predicted molar refractivity (Wildman–Crippen MR) is 81.2 cm³/mol. The summed E-state index contributed by atoms with van der Waals surface area (Å²) in [6.45, 7) is 1.04. The van der Waals surface area contributed by atoms with Crippen molar-refractivity contribution in [3.8, 4) is 0 Å². The van der Waals surface area contributed by atoms with Gasteiger partial charge >= 0.3 is 0 Å². The average Bonchev–Trinajstić information content (AvgIpc) is 2.54. The second-order valence-electron chi connectivity index (χ2n) is 5.23. The van der Waals surface area contributed by atoms with E-state index in [0.717, 1.165) is 12.0 Å². The number of hydrogen-bond donors (Lipinski definition) is 1. The third-order valence-corrected chi connectivity index (χ3v) is 3.71. The number of rotatable bonds is 6. The van der Waals surface area contributed by atoms with E-state index in [2.05, 4.69) is 5.32 Å². The molecule has 1 aliphatic rings. The standard InChI is InChI=1S/C16H22N2O4/c1-18-13(19)11-22-15(16(20)17-9-6-10-21-2)14(18)12-7-4-3-5-8-12/h3-5,7-8,14-15H,6,9-11H2,1-2H3,(H,17,20)/t14-,15-/m1/s1. The predicted octanol–water partition coefficient (Wildman–Crippen LogP) is 0.738. The molecule has 1 N–H and O–H groups in total. The highest BCUT2D eigenvalue weighted by Crippen LogP contribution is 2.28. The largest absolute Gasteiger partial charge is 0.385 e. The van der Waals surface area contributed by atoms with E-state index in [9.17, 15) is 9.59 Å². The number of hydrogen-bond acceptors (Lipinski definition) is 4. The first-order valence-corrected chi connectivity index (χ1v) is 7.34. The molecule has 0 saturated carbocycles. The van der Waals surface area contributed by atoms with Crippen LogP contribution in [0.5, 0.6) is 0 Å². The van der Waals surface area contributed by atoms with E-state index in [-0.39, 0.29) is 18.4 Å². The van der Waals surface area contributed by atoms with E-state index in [1.165, 1.54) is 0 Å². The first-order valence-electron chi connectivity index (χ1n) is 7.34. The SMILES string of the molecule is COCCCNC(=O)[C@@H]1OCC(=O)N(C)[C@@H]1c1ccccc1. The molecule has 1 aromatic carbocycles. The maximum Gasteiger partial charge on any atom is 0.251 e. The fourth-order valence-electron chi connectivity index (χ4n) is 2.51. The van der Waals surface area contributed by atoms with E-state index in [4.69, 9.17) is 9.47 Å². The maximum atomic E-state index is 12.4. The summed E-state index contributed by atoms with van der Waals surface area (Å²) in [4.78, 5) is 25.9. The Balaban J connectivity index is 2.10. The number of ether oxygens (including phenoxy) is 2. The van der Waals surface area contributed by atoms with Crippen molar-refractivity contribution >= 4 is 11.8 Å².